The number of carbonyl (C=O) groups excluding carboxylic acids is 1. The van der Waals surface area contributed by atoms with Crippen LogP contribution >= 0.6 is 0 Å². The number of amides is 1. The molecular formula is C12H18N2O2. The zero-order chi connectivity index (χ0) is 11.4. The second kappa shape index (κ2) is 5.31. The van der Waals surface area contributed by atoms with E-state index in [1.165, 1.54) is 0 Å². The quantitative estimate of drug-likeness (QED) is 0.705. The molecule has 2 aliphatic rings. The van der Waals surface area contributed by atoms with Crippen LogP contribution in [0.4, 0.5) is 0 Å². The van der Waals surface area contributed by atoms with Gasteiger partial charge in [-0.2, -0.15) is 5.26 Å². The van der Waals surface area contributed by atoms with Crippen molar-refractivity contribution in [3.05, 3.63) is 0 Å². The first-order valence-corrected chi connectivity index (χ1v) is 6.04. The van der Waals surface area contributed by atoms with Gasteiger partial charge in [-0.05, 0) is 25.2 Å². The molecule has 2 rings (SSSR count). The molecule has 0 N–H and O–H groups in total. The van der Waals surface area contributed by atoms with Gasteiger partial charge in [0.25, 0.3) is 0 Å². The predicted octanol–water partition coefficient (Wildman–Crippen LogP) is 1.18. The van der Waals surface area contributed by atoms with Gasteiger partial charge in [0, 0.05) is 32.7 Å². The molecule has 0 bridgehead atoms. The van der Waals surface area contributed by atoms with Gasteiger partial charge in [0.1, 0.15) is 0 Å². The van der Waals surface area contributed by atoms with Crippen molar-refractivity contribution in [3.63, 3.8) is 0 Å². The van der Waals surface area contributed by atoms with E-state index in [0.717, 1.165) is 45.6 Å². The van der Waals surface area contributed by atoms with Crippen molar-refractivity contribution in [2.45, 2.75) is 25.7 Å². The maximum atomic E-state index is 11.8. The Hall–Kier alpha value is -1.08. The molecule has 0 radical (unpaired) electrons. The number of ether oxygens (including phenoxy) is 1. The first-order chi connectivity index (χ1) is 7.79. The number of rotatable bonds is 2. The Morgan fingerprint density at radius 2 is 2.12 bits per heavy atom. The Balaban J connectivity index is 1.82. The number of nitriles is 1. The van der Waals surface area contributed by atoms with Gasteiger partial charge in [0.2, 0.25) is 5.91 Å². The van der Waals surface area contributed by atoms with Gasteiger partial charge < -0.3 is 9.64 Å². The lowest BCUT2D eigenvalue weighted by Gasteiger charge is -2.33. The Kier molecular flexibility index (Phi) is 3.79. The zero-order valence-electron chi connectivity index (χ0n) is 9.52. The largest absolute Gasteiger partial charge is 0.381 e. The summed E-state index contributed by atoms with van der Waals surface area (Å²) >= 11 is 0. The number of carbonyl (C=O) groups is 1. The highest BCUT2D eigenvalue weighted by Gasteiger charge is 2.27. The van der Waals surface area contributed by atoms with Gasteiger partial charge in [-0.25, -0.2) is 0 Å². The van der Waals surface area contributed by atoms with Crippen LogP contribution in [0.5, 0.6) is 0 Å². The van der Waals surface area contributed by atoms with Crippen molar-refractivity contribution >= 4 is 5.91 Å². The van der Waals surface area contributed by atoms with Crippen LogP contribution < -0.4 is 0 Å². The molecule has 0 aliphatic carbocycles. The van der Waals surface area contributed by atoms with Crippen LogP contribution in [0.25, 0.3) is 0 Å². The molecule has 4 nitrogen and oxygen atoms in total. The number of hydrogen-bond acceptors (Lipinski definition) is 3. The van der Waals surface area contributed by atoms with Gasteiger partial charge in [0.15, 0.2) is 0 Å². The maximum absolute atomic E-state index is 11.8. The summed E-state index contributed by atoms with van der Waals surface area (Å²) in [6, 6.07) is 2.19. The highest BCUT2D eigenvalue weighted by Crippen LogP contribution is 2.22. The third kappa shape index (κ3) is 2.73. The normalized spacial score (nSPS) is 27.8. The lowest BCUT2D eigenvalue weighted by atomic mass is 9.94. The number of nitrogens with zero attached hydrogens (tertiary/aromatic N) is 2. The summed E-state index contributed by atoms with van der Waals surface area (Å²) < 4.78 is 5.30. The summed E-state index contributed by atoms with van der Waals surface area (Å²) in [7, 11) is 0. The van der Waals surface area contributed by atoms with Crippen molar-refractivity contribution in [3.8, 4) is 6.07 Å². The second-order valence-electron chi connectivity index (χ2n) is 4.71. The minimum absolute atomic E-state index is 0.0570. The maximum Gasteiger partial charge on any atom is 0.223 e. The van der Waals surface area contributed by atoms with E-state index < -0.39 is 0 Å². The van der Waals surface area contributed by atoms with Crippen molar-refractivity contribution in [1.82, 2.24) is 4.90 Å². The fourth-order valence-electron chi connectivity index (χ4n) is 2.42. The average Bonchev–Trinajstić information content (AvgIpc) is 2.33. The predicted molar refractivity (Wildman–Crippen MR) is 58.5 cm³/mol. The third-order valence-corrected chi connectivity index (χ3v) is 3.52. The van der Waals surface area contributed by atoms with Crippen molar-refractivity contribution < 1.29 is 9.53 Å². The Bertz CT molecular complexity index is 292. The fourth-order valence-corrected chi connectivity index (χ4v) is 2.42. The molecule has 16 heavy (non-hydrogen) atoms. The van der Waals surface area contributed by atoms with Gasteiger partial charge in [0.05, 0.1) is 12.0 Å². The van der Waals surface area contributed by atoms with Crippen LogP contribution in [0.3, 0.4) is 0 Å². The monoisotopic (exact) mass is 222 g/mol. The Labute approximate surface area is 96.2 Å². The standard InChI is InChI=1S/C12H18N2O2/c13-8-11-1-4-14(12(15)7-11)9-10-2-5-16-6-3-10/h10-11H,1-7,9H2. The fraction of sp³-hybridized carbons (Fsp3) is 0.833. The summed E-state index contributed by atoms with van der Waals surface area (Å²) in [6.45, 7) is 3.27. The van der Waals surface area contributed by atoms with Crippen molar-refractivity contribution in [2.24, 2.45) is 11.8 Å². The molecule has 2 heterocycles. The van der Waals surface area contributed by atoms with Gasteiger partial charge in [-0.1, -0.05) is 0 Å². The molecule has 1 atom stereocenters. The molecule has 2 fully saturated rings. The van der Waals surface area contributed by atoms with Crippen molar-refractivity contribution in [1.29, 1.82) is 5.26 Å². The molecule has 1 unspecified atom stereocenters. The first-order valence-electron chi connectivity index (χ1n) is 6.04. The van der Waals surface area contributed by atoms with E-state index in [1.54, 1.807) is 0 Å². The molecule has 2 saturated heterocycles. The van der Waals surface area contributed by atoms with Crippen LogP contribution in [0.2, 0.25) is 0 Å². The second-order valence-corrected chi connectivity index (χ2v) is 4.71. The van der Waals surface area contributed by atoms with E-state index in [-0.39, 0.29) is 11.8 Å². The number of hydrogen-bond donors (Lipinski definition) is 0. The summed E-state index contributed by atoms with van der Waals surface area (Å²) in [6.07, 6.45) is 3.38. The highest BCUT2D eigenvalue weighted by molar-refractivity contribution is 5.77. The van der Waals surface area contributed by atoms with E-state index in [0.29, 0.717) is 12.3 Å². The molecular weight excluding hydrogens is 204 g/mol. The molecule has 2 aliphatic heterocycles. The molecule has 88 valence electrons. The van der Waals surface area contributed by atoms with E-state index >= 15 is 0 Å². The number of piperidine rings is 1. The number of likely N-dealkylation sites (tertiary alicyclic amines) is 1. The van der Waals surface area contributed by atoms with Crippen LogP contribution in [0, 0.1) is 23.2 Å². The summed E-state index contributed by atoms with van der Waals surface area (Å²) in [4.78, 5) is 13.7. The van der Waals surface area contributed by atoms with Gasteiger partial charge in [-0.15, -0.1) is 0 Å². The minimum Gasteiger partial charge on any atom is -0.381 e. The topological polar surface area (TPSA) is 53.3 Å². The summed E-state index contributed by atoms with van der Waals surface area (Å²) in [5.41, 5.74) is 0. The lowest BCUT2D eigenvalue weighted by Crippen LogP contribution is -2.42. The molecule has 0 spiro atoms. The smallest absolute Gasteiger partial charge is 0.223 e. The lowest BCUT2D eigenvalue weighted by molar-refractivity contribution is -0.135. The van der Waals surface area contributed by atoms with Crippen LogP contribution in [-0.2, 0) is 9.53 Å². The summed E-state index contributed by atoms with van der Waals surface area (Å²) in [5.74, 6) is 0.694. The molecule has 0 saturated carbocycles. The van der Waals surface area contributed by atoms with Gasteiger partial charge in [-0.3, -0.25) is 4.79 Å². The molecule has 4 heteroatoms. The van der Waals surface area contributed by atoms with E-state index in [9.17, 15) is 4.79 Å². The minimum atomic E-state index is -0.0570. The molecule has 0 aromatic rings. The average molecular weight is 222 g/mol. The molecule has 1 amide bonds. The van der Waals surface area contributed by atoms with Crippen LogP contribution in [0.1, 0.15) is 25.7 Å². The van der Waals surface area contributed by atoms with Crippen LogP contribution in [0.15, 0.2) is 0 Å². The first kappa shape index (κ1) is 11.4. The zero-order valence-corrected chi connectivity index (χ0v) is 9.52. The van der Waals surface area contributed by atoms with Gasteiger partial charge >= 0.3 is 0 Å². The van der Waals surface area contributed by atoms with Crippen molar-refractivity contribution in [2.75, 3.05) is 26.3 Å². The third-order valence-electron chi connectivity index (χ3n) is 3.52. The Morgan fingerprint density at radius 1 is 1.38 bits per heavy atom. The summed E-state index contributed by atoms with van der Waals surface area (Å²) in [5, 5.41) is 8.78. The molecule has 0 aromatic carbocycles. The van der Waals surface area contributed by atoms with E-state index in [4.69, 9.17) is 10.00 Å². The highest BCUT2D eigenvalue weighted by atomic mass is 16.5. The SMILES string of the molecule is N#CC1CCN(CC2CCOCC2)C(=O)C1. The van der Waals surface area contributed by atoms with E-state index in [1.807, 2.05) is 4.90 Å². The van der Waals surface area contributed by atoms with E-state index in [2.05, 4.69) is 6.07 Å². The van der Waals surface area contributed by atoms with Crippen LogP contribution in [-0.4, -0.2) is 37.1 Å². The Morgan fingerprint density at radius 3 is 2.75 bits per heavy atom. The molecule has 0 aromatic heterocycles.